The highest BCUT2D eigenvalue weighted by Crippen LogP contribution is 2.37. The van der Waals surface area contributed by atoms with E-state index < -0.39 is 28.8 Å². The fraction of sp³-hybridized carbons (Fsp3) is 0.387. The molecule has 1 aliphatic heterocycles. The van der Waals surface area contributed by atoms with Crippen molar-refractivity contribution in [3.63, 3.8) is 0 Å². The Morgan fingerprint density at radius 2 is 1.67 bits per heavy atom. The van der Waals surface area contributed by atoms with Crippen molar-refractivity contribution in [3.05, 3.63) is 80.7 Å². The lowest BCUT2D eigenvalue weighted by atomic mass is 9.95. The van der Waals surface area contributed by atoms with E-state index in [1.807, 2.05) is 18.0 Å². The number of carbonyl (C=O) groups excluding carboxylic acids is 2. The third-order valence-corrected chi connectivity index (χ3v) is 8.37. The molecule has 228 valence electrons. The summed E-state index contributed by atoms with van der Waals surface area (Å²) in [6.07, 6.45) is 1.06. The van der Waals surface area contributed by atoms with Crippen molar-refractivity contribution in [1.82, 2.24) is 15.2 Å². The van der Waals surface area contributed by atoms with Crippen LogP contribution in [0.25, 0.3) is 11.1 Å². The van der Waals surface area contributed by atoms with Gasteiger partial charge in [-0.1, -0.05) is 36.9 Å². The number of amides is 2. The van der Waals surface area contributed by atoms with Gasteiger partial charge in [0.2, 0.25) is 5.56 Å². The highest BCUT2D eigenvalue weighted by atomic mass is 35.5. The molecule has 2 amide bonds. The maximum absolute atomic E-state index is 13.7. The van der Waals surface area contributed by atoms with Crippen LogP contribution in [0.5, 0.6) is 0 Å². The number of hydrogen-bond acceptors (Lipinski definition) is 5. The summed E-state index contributed by atoms with van der Waals surface area (Å²) in [7, 11) is 2.00. The molecule has 2 aromatic carbocycles. The number of benzene rings is 2. The number of pyridine rings is 1. The van der Waals surface area contributed by atoms with Crippen molar-refractivity contribution in [2.45, 2.75) is 44.3 Å². The minimum absolute atomic E-state index is 0.125. The van der Waals surface area contributed by atoms with Gasteiger partial charge in [0, 0.05) is 60.6 Å². The highest BCUT2D eigenvalue weighted by Gasteiger charge is 2.36. The van der Waals surface area contributed by atoms with Crippen LogP contribution in [-0.2, 0) is 6.18 Å². The quantitative estimate of drug-likeness (QED) is 0.327. The van der Waals surface area contributed by atoms with E-state index in [1.165, 1.54) is 6.42 Å². The smallest absolute Gasteiger partial charge is 0.367 e. The van der Waals surface area contributed by atoms with Gasteiger partial charge < -0.3 is 25.4 Å². The molecule has 0 atom stereocenters. The Morgan fingerprint density at radius 3 is 2.37 bits per heavy atom. The molecular weight excluding hydrogens is 583 g/mol. The molecule has 2 aliphatic rings. The van der Waals surface area contributed by atoms with Crippen LogP contribution in [0.2, 0.25) is 5.02 Å². The largest absolute Gasteiger partial charge is 0.417 e. The molecule has 8 nitrogen and oxygen atoms in total. The van der Waals surface area contributed by atoms with Gasteiger partial charge in [-0.3, -0.25) is 14.4 Å². The second kappa shape index (κ2) is 12.8. The fourth-order valence-electron chi connectivity index (χ4n) is 5.61. The zero-order valence-corrected chi connectivity index (χ0v) is 24.4. The SMILES string of the molecule is CN1CCN(c2ccc(-c3cc(C(=O)NC4CCCCC4)ccc3Cl)cc2NC(=O)c2c[nH]c(=O)cc2C(F)(F)F)CC1. The van der Waals surface area contributed by atoms with Crippen LogP contribution >= 0.6 is 11.6 Å². The van der Waals surface area contributed by atoms with Crippen molar-refractivity contribution in [1.29, 1.82) is 0 Å². The second-order valence-corrected chi connectivity index (χ2v) is 11.5. The molecule has 3 N–H and O–H groups in total. The molecular formula is C31H33ClF3N5O3. The van der Waals surface area contributed by atoms with Crippen LogP contribution in [0.3, 0.4) is 0 Å². The molecule has 0 bridgehead atoms. The van der Waals surface area contributed by atoms with Gasteiger partial charge >= 0.3 is 6.18 Å². The third kappa shape index (κ3) is 7.22. The Hall–Kier alpha value is -3.83. The summed E-state index contributed by atoms with van der Waals surface area (Å²) in [5, 5.41) is 6.12. The predicted octanol–water partition coefficient (Wildman–Crippen LogP) is 5.78. The standard InChI is InChI=1S/C31H33ClF3N5O3/c1-39-11-13-40(14-12-39)27-10-8-19(16-26(27)38-30(43)23-18-36-28(41)17-24(23)31(33,34)35)22-15-20(7-9-25(22)32)29(42)37-21-5-3-2-4-6-21/h7-10,15-18,21H,2-6,11-14H2,1H3,(H,36,41)(H,37,42)(H,38,43). The number of piperazine rings is 1. The molecule has 1 saturated carbocycles. The van der Waals surface area contributed by atoms with E-state index >= 15 is 0 Å². The first-order valence-electron chi connectivity index (χ1n) is 14.3. The van der Waals surface area contributed by atoms with Crippen molar-refractivity contribution in [2.24, 2.45) is 0 Å². The lowest BCUT2D eigenvalue weighted by Gasteiger charge is -2.35. The Labute approximate surface area is 252 Å². The number of carbonyl (C=O) groups is 2. The van der Waals surface area contributed by atoms with Crippen molar-refractivity contribution >= 4 is 34.8 Å². The summed E-state index contributed by atoms with van der Waals surface area (Å²) in [6, 6.07) is 10.7. The number of hydrogen-bond donors (Lipinski definition) is 3. The lowest BCUT2D eigenvalue weighted by Crippen LogP contribution is -2.44. The summed E-state index contributed by atoms with van der Waals surface area (Å²) < 4.78 is 41.2. The van der Waals surface area contributed by atoms with Crippen LogP contribution in [0.1, 0.15) is 58.4 Å². The number of H-pyrrole nitrogens is 1. The number of halogens is 4. The Kier molecular flexibility index (Phi) is 9.12. The molecule has 3 aromatic rings. The van der Waals surface area contributed by atoms with E-state index in [4.69, 9.17) is 11.6 Å². The molecule has 0 unspecified atom stereocenters. The zero-order chi connectivity index (χ0) is 30.7. The van der Waals surface area contributed by atoms with Crippen LogP contribution in [0.4, 0.5) is 24.5 Å². The molecule has 2 fully saturated rings. The van der Waals surface area contributed by atoms with Gasteiger partial charge in [0.15, 0.2) is 0 Å². The summed E-state index contributed by atoms with van der Waals surface area (Å²) in [5.41, 5.74) is -0.550. The highest BCUT2D eigenvalue weighted by molar-refractivity contribution is 6.33. The van der Waals surface area contributed by atoms with E-state index in [0.717, 1.165) is 45.0 Å². The molecule has 1 saturated heterocycles. The summed E-state index contributed by atoms with van der Waals surface area (Å²) >= 11 is 6.58. The van der Waals surface area contributed by atoms with Crippen molar-refractivity contribution in [3.8, 4) is 11.1 Å². The molecule has 2 heterocycles. The molecule has 12 heteroatoms. The number of nitrogens with one attached hydrogen (secondary N) is 3. The monoisotopic (exact) mass is 615 g/mol. The maximum Gasteiger partial charge on any atom is 0.417 e. The van der Waals surface area contributed by atoms with E-state index in [0.29, 0.717) is 46.6 Å². The van der Waals surface area contributed by atoms with Gasteiger partial charge in [0.1, 0.15) is 0 Å². The number of aromatic amines is 1. The van der Waals surface area contributed by atoms with Gasteiger partial charge in [0.25, 0.3) is 11.8 Å². The average Bonchev–Trinajstić information content (AvgIpc) is 2.98. The van der Waals surface area contributed by atoms with Crippen molar-refractivity contribution < 1.29 is 22.8 Å². The molecule has 1 aromatic heterocycles. The summed E-state index contributed by atoms with van der Waals surface area (Å²) in [6.45, 7) is 2.81. The Balaban J connectivity index is 1.50. The number of likely N-dealkylation sites (N-methyl/N-ethyl adjacent to an activating group) is 1. The number of alkyl halides is 3. The molecule has 5 rings (SSSR count). The predicted molar refractivity (Wildman–Crippen MR) is 161 cm³/mol. The summed E-state index contributed by atoms with van der Waals surface area (Å²) in [5.74, 6) is -1.23. The third-order valence-electron chi connectivity index (χ3n) is 8.04. The zero-order valence-electron chi connectivity index (χ0n) is 23.7. The lowest BCUT2D eigenvalue weighted by molar-refractivity contribution is -0.138. The number of rotatable bonds is 6. The maximum atomic E-state index is 13.7. The van der Waals surface area contributed by atoms with Crippen LogP contribution in [0.15, 0.2) is 53.5 Å². The topological polar surface area (TPSA) is 97.5 Å². The van der Waals surface area contributed by atoms with Crippen LogP contribution < -0.4 is 21.1 Å². The van der Waals surface area contributed by atoms with E-state index in [-0.39, 0.29) is 17.6 Å². The number of anilines is 2. The minimum Gasteiger partial charge on any atom is -0.367 e. The molecule has 0 spiro atoms. The average molecular weight is 616 g/mol. The van der Waals surface area contributed by atoms with E-state index in [9.17, 15) is 27.6 Å². The first-order chi connectivity index (χ1) is 20.5. The van der Waals surface area contributed by atoms with E-state index in [1.54, 1.807) is 30.3 Å². The number of aromatic nitrogens is 1. The first-order valence-corrected chi connectivity index (χ1v) is 14.7. The van der Waals surface area contributed by atoms with E-state index in [2.05, 4.69) is 20.5 Å². The van der Waals surface area contributed by atoms with Crippen LogP contribution in [-0.4, -0.2) is 61.0 Å². The second-order valence-electron chi connectivity index (χ2n) is 11.1. The molecule has 43 heavy (non-hydrogen) atoms. The van der Waals surface area contributed by atoms with Crippen LogP contribution in [0, 0.1) is 0 Å². The summed E-state index contributed by atoms with van der Waals surface area (Å²) in [4.78, 5) is 44.4. The van der Waals surface area contributed by atoms with Gasteiger partial charge in [-0.2, -0.15) is 13.2 Å². The number of nitrogens with zero attached hydrogens (tertiary/aromatic N) is 2. The van der Waals surface area contributed by atoms with Gasteiger partial charge in [-0.25, -0.2) is 0 Å². The Bertz CT molecular complexity index is 1560. The van der Waals surface area contributed by atoms with Crippen molar-refractivity contribution in [2.75, 3.05) is 43.4 Å². The van der Waals surface area contributed by atoms with Gasteiger partial charge in [0.05, 0.1) is 22.5 Å². The minimum atomic E-state index is -4.91. The first kappa shape index (κ1) is 30.6. The normalized spacial score (nSPS) is 16.6. The van der Waals surface area contributed by atoms with Gasteiger partial charge in [-0.05, 0) is 55.8 Å². The fourth-order valence-corrected chi connectivity index (χ4v) is 5.84. The molecule has 0 radical (unpaired) electrons. The van der Waals surface area contributed by atoms with Gasteiger partial charge in [-0.15, -0.1) is 0 Å². The Morgan fingerprint density at radius 1 is 0.953 bits per heavy atom. The molecule has 1 aliphatic carbocycles.